The average molecular weight is 370 g/mol. The van der Waals surface area contributed by atoms with E-state index in [1.807, 2.05) is 30.3 Å². The van der Waals surface area contributed by atoms with Crippen molar-refractivity contribution in [2.75, 3.05) is 11.9 Å². The number of halogens is 1. The summed E-state index contributed by atoms with van der Waals surface area (Å²) in [5, 5.41) is 7.21. The third-order valence-electron chi connectivity index (χ3n) is 3.71. The van der Waals surface area contributed by atoms with Gasteiger partial charge in [-0.05, 0) is 31.2 Å². The lowest BCUT2D eigenvalue weighted by molar-refractivity contribution is -0.119. The molecule has 0 radical (unpaired) electrons. The standard InChI is InChI=1S/C19H16ClN3O3/c1-13-15(11-21-23(13)14-7-3-2-4-8-14)19(25)26-12-18(24)22-17-10-6-5-9-16(17)20/h2-11H,12H2,1H3,(H,22,24). The molecule has 0 aliphatic rings. The Morgan fingerprint density at radius 3 is 2.54 bits per heavy atom. The highest BCUT2D eigenvalue weighted by molar-refractivity contribution is 6.33. The maximum atomic E-state index is 12.3. The second kappa shape index (κ2) is 7.84. The molecular formula is C19H16ClN3O3. The molecule has 0 aliphatic carbocycles. The van der Waals surface area contributed by atoms with Gasteiger partial charge in [0.2, 0.25) is 0 Å². The van der Waals surface area contributed by atoms with Crippen molar-refractivity contribution in [1.29, 1.82) is 0 Å². The zero-order valence-electron chi connectivity index (χ0n) is 14.0. The van der Waals surface area contributed by atoms with Crippen molar-refractivity contribution in [2.24, 2.45) is 0 Å². The molecule has 0 spiro atoms. The molecule has 7 heteroatoms. The summed E-state index contributed by atoms with van der Waals surface area (Å²) in [6.07, 6.45) is 1.43. The number of carbonyl (C=O) groups excluding carboxylic acids is 2. The van der Waals surface area contributed by atoms with Gasteiger partial charge >= 0.3 is 5.97 Å². The molecular weight excluding hydrogens is 354 g/mol. The summed E-state index contributed by atoms with van der Waals surface area (Å²) in [7, 11) is 0. The second-order valence-electron chi connectivity index (χ2n) is 5.50. The number of hydrogen-bond acceptors (Lipinski definition) is 4. The summed E-state index contributed by atoms with van der Waals surface area (Å²) < 4.78 is 6.72. The van der Waals surface area contributed by atoms with E-state index in [-0.39, 0.29) is 0 Å². The molecule has 0 fully saturated rings. The topological polar surface area (TPSA) is 73.2 Å². The van der Waals surface area contributed by atoms with Gasteiger partial charge in [-0.2, -0.15) is 5.10 Å². The minimum Gasteiger partial charge on any atom is -0.452 e. The Bertz CT molecular complexity index is 938. The lowest BCUT2D eigenvalue weighted by atomic mass is 10.2. The maximum Gasteiger partial charge on any atom is 0.342 e. The Morgan fingerprint density at radius 1 is 1.12 bits per heavy atom. The van der Waals surface area contributed by atoms with Crippen molar-refractivity contribution in [2.45, 2.75) is 6.92 Å². The SMILES string of the molecule is Cc1c(C(=O)OCC(=O)Nc2ccccc2Cl)cnn1-c1ccccc1. The van der Waals surface area contributed by atoms with Crippen LogP contribution in [0.4, 0.5) is 5.69 Å². The Labute approximate surface area is 155 Å². The van der Waals surface area contributed by atoms with E-state index in [1.165, 1.54) is 6.20 Å². The van der Waals surface area contributed by atoms with Crippen LogP contribution >= 0.6 is 11.6 Å². The number of hydrogen-bond donors (Lipinski definition) is 1. The predicted octanol–water partition coefficient (Wildman–Crippen LogP) is 3.63. The van der Waals surface area contributed by atoms with Gasteiger partial charge in [-0.25, -0.2) is 9.48 Å². The molecule has 0 saturated carbocycles. The summed E-state index contributed by atoms with van der Waals surface area (Å²) >= 11 is 5.98. The molecule has 3 rings (SSSR count). The Kier molecular flexibility index (Phi) is 5.34. The third kappa shape index (κ3) is 3.92. The summed E-state index contributed by atoms with van der Waals surface area (Å²) in [6, 6.07) is 16.2. The van der Waals surface area contributed by atoms with Crippen molar-refractivity contribution < 1.29 is 14.3 Å². The summed E-state index contributed by atoms with van der Waals surface area (Å²) in [5.74, 6) is -1.08. The first-order valence-electron chi connectivity index (χ1n) is 7.88. The zero-order valence-corrected chi connectivity index (χ0v) is 14.7. The number of carbonyl (C=O) groups is 2. The maximum absolute atomic E-state index is 12.3. The first-order valence-corrected chi connectivity index (χ1v) is 8.25. The van der Waals surface area contributed by atoms with Crippen LogP contribution in [-0.4, -0.2) is 28.3 Å². The highest BCUT2D eigenvalue weighted by atomic mass is 35.5. The van der Waals surface area contributed by atoms with E-state index < -0.39 is 18.5 Å². The van der Waals surface area contributed by atoms with Gasteiger partial charge in [-0.15, -0.1) is 0 Å². The normalized spacial score (nSPS) is 10.4. The van der Waals surface area contributed by atoms with Crippen LogP contribution in [0.1, 0.15) is 16.1 Å². The van der Waals surface area contributed by atoms with Gasteiger partial charge in [-0.1, -0.05) is 41.9 Å². The minimum atomic E-state index is -0.612. The van der Waals surface area contributed by atoms with Gasteiger partial charge in [0.15, 0.2) is 6.61 Å². The molecule has 1 aromatic heterocycles. The molecule has 26 heavy (non-hydrogen) atoms. The van der Waals surface area contributed by atoms with Crippen LogP contribution < -0.4 is 5.32 Å². The lowest BCUT2D eigenvalue weighted by Crippen LogP contribution is -2.21. The van der Waals surface area contributed by atoms with Crippen molar-refractivity contribution in [3.63, 3.8) is 0 Å². The second-order valence-corrected chi connectivity index (χ2v) is 5.90. The number of benzene rings is 2. The average Bonchev–Trinajstić information content (AvgIpc) is 3.04. The van der Waals surface area contributed by atoms with Crippen molar-refractivity contribution in [1.82, 2.24) is 9.78 Å². The van der Waals surface area contributed by atoms with Crippen LogP contribution in [0, 0.1) is 6.92 Å². The van der Waals surface area contributed by atoms with E-state index in [0.29, 0.717) is 22.0 Å². The molecule has 3 aromatic rings. The molecule has 132 valence electrons. The van der Waals surface area contributed by atoms with Gasteiger partial charge < -0.3 is 10.1 Å². The predicted molar refractivity (Wildman–Crippen MR) is 98.7 cm³/mol. The Balaban J connectivity index is 1.63. The minimum absolute atomic E-state index is 0.305. The van der Waals surface area contributed by atoms with Gasteiger partial charge in [0.25, 0.3) is 5.91 Å². The quantitative estimate of drug-likeness (QED) is 0.697. The first kappa shape index (κ1) is 17.7. The smallest absolute Gasteiger partial charge is 0.342 e. The Morgan fingerprint density at radius 2 is 1.81 bits per heavy atom. The van der Waals surface area contributed by atoms with E-state index in [0.717, 1.165) is 5.69 Å². The number of anilines is 1. The molecule has 1 N–H and O–H groups in total. The largest absolute Gasteiger partial charge is 0.452 e. The third-order valence-corrected chi connectivity index (χ3v) is 4.04. The summed E-state index contributed by atoms with van der Waals surface area (Å²) in [6.45, 7) is 1.35. The van der Waals surface area contributed by atoms with E-state index in [9.17, 15) is 9.59 Å². The van der Waals surface area contributed by atoms with Crippen LogP contribution in [0.25, 0.3) is 5.69 Å². The van der Waals surface area contributed by atoms with Crippen molar-refractivity contribution >= 4 is 29.2 Å². The number of para-hydroxylation sites is 2. The molecule has 1 amide bonds. The van der Waals surface area contributed by atoms with Crippen LogP contribution in [0.15, 0.2) is 60.8 Å². The van der Waals surface area contributed by atoms with Gasteiger partial charge in [0.1, 0.15) is 5.56 Å². The van der Waals surface area contributed by atoms with E-state index in [4.69, 9.17) is 16.3 Å². The van der Waals surface area contributed by atoms with E-state index in [1.54, 1.807) is 35.9 Å². The molecule has 6 nitrogen and oxygen atoms in total. The monoisotopic (exact) mass is 369 g/mol. The van der Waals surface area contributed by atoms with Crippen LogP contribution in [-0.2, 0) is 9.53 Å². The number of aromatic nitrogens is 2. The molecule has 2 aromatic carbocycles. The summed E-state index contributed by atoms with van der Waals surface area (Å²) in [5.41, 5.74) is 2.23. The van der Waals surface area contributed by atoms with Crippen molar-refractivity contribution in [3.05, 3.63) is 77.1 Å². The number of nitrogens with one attached hydrogen (secondary N) is 1. The number of ether oxygens (including phenoxy) is 1. The zero-order chi connectivity index (χ0) is 18.5. The molecule has 0 unspecified atom stereocenters. The highest BCUT2D eigenvalue weighted by Crippen LogP contribution is 2.20. The fourth-order valence-electron chi connectivity index (χ4n) is 2.40. The summed E-state index contributed by atoms with van der Waals surface area (Å²) in [4.78, 5) is 24.2. The van der Waals surface area contributed by atoms with E-state index in [2.05, 4.69) is 10.4 Å². The van der Waals surface area contributed by atoms with Crippen molar-refractivity contribution in [3.8, 4) is 5.69 Å². The van der Waals surface area contributed by atoms with Gasteiger partial charge in [0, 0.05) is 0 Å². The Hall–Kier alpha value is -3.12. The number of nitrogens with zero attached hydrogens (tertiary/aromatic N) is 2. The van der Waals surface area contributed by atoms with Crippen LogP contribution in [0.2, 0.25) is 5.02 Å². The molecule has 0 bridgehead atoms. The fourth-order valence-corrected chi connectivity index (χ4v) is 2.58. The van der Waals surface area contributed by atoms with Gasteiger partial charge in [-0.3, -0.25) is 4.79 Å². The highest BCUT2D eigenvalue weighted by Gasteiger charge is 2.18. The first-order chi connectivity index (χ1) is 12.6. The van der Waals surface area contributed by atoms with Crippen LogP contribution in [0.5, 0.6) is 0 Å². The number of amides is 1. The van der Waals surface area contributed by atoms with Gasteiger partial charge in [0.05, 0.1) is 28.3 Å². The fraction of sp³-hybridized carbons (Fsp3) is 0.105. The molecule has 1 heterocycles. The number of rotatable bonds is 5. The molecule has 0 saturated heterocycles. The number of esters is 1. The van der Waals surface area contributed by atoms with Crippen LogP contribution in [0.3, 0.4) is 0 Å². The lowest BCUT2D eigenvalue weighted by Gasteiger charge is -2.08. The molecule has 0 aliphatic heterocycles. The molecule has 0 atom stereocenters. The van der Waals surface area contributed by atoms with E-state index >= 15 is 0 Å².